The Labute approximate surface area is 108 Å². The first-order chi connectivity index (χ1) is 9.32. The fraction of sp³-hybridized carbons (Fsp3) is 0. The molecule has 0 aliphatic rings. The van der Waals surface area contributed by atoms with Crippen molar-refractivity contribution < 1.29 is 37.5 Å². The Balaban J connectivity index is 2.63. The van der Waals surface area contributed by atoms with Crippen molar-refractivity contribution in [2.24, 2.45) is 0 Å². The van der Waals surface area contributed by atoms with E-state index >= 15 is 0 Å². The van der Waals surface area contributed by atoms with E-state index in [0.717, 1.165) is 6.07 Å². The lowest BCUT2D eigenvalue weighted by Gasteiger charge is -2.04. The Morgan fingerprint density at radius 1 is 1.05 bits per heavy atom. The second-order valence-corrected chi connectivity index (χ2v) is 3.60. The SMILES string of the molecule is O=C(O)c1cc(-c2cc(F)c(C(=O)O)c(F)c2F)no1. The smallest absolute Gasteiger partial charge is 0.374 e. The van der Waals surface area contributed by atoms with Crippen LogP contribution < -0.4 is 0 Å². The number of nitrogens with zero attached hydrogens (tertiary/aromatic N) is 1. The Kier molecular flexibility index (Phi) is 3.18. The van der Waals surface area contributed by atoms with Crippen LogP contribution in [0.25, 0.3) is 11.3 Å². The molecule has 0 amide bonds. The van der Waals surface area contributed by atoms with Gasteiger partial charge >= 0.3 is 11.9 Å². The molecule has 0 aliphatic carbocycles. The minimum absolute atomic E-state index is 0.394. The van der Waals surface area contributed by atoms with Crippen molar-refractivity contribution in [2.75, 3.05) is 0 Å². The Morgan fingerprint density at radius 2 is 1.70 bits per heavy atom. The molecule has 0 fully saturated rings. The number of hydrogen-bond acceptors (Lipinski definition) is 4. The number of carboxylic acid groups (broad SMARTS) is 2. The minimum atomic E-state index is -1.98. The van der Waals surface area contributed by atoms with E-state index in [2.05, 4.69) is 9.68 Å². The predicted octanol–water partition coefficient (Wildman–Crippen LogP) is 2.16. The van der Waals surface area contributed by atoms with Crippen molar-refractivity contribution in [2.45, 2.75) is 0 Å². The number of aromatic nitrogens is 1. The van der Waals surface area contributed by atoms with Crippen LogP contribution in [0.1, 0.15) is 20.9 Å². The van der Waals surface area contributed by atoms with E-state index in [1.165, 1.54) is 0 Å². The summed E-state index contributed by atoms with van der Waals surface area (Å²) in [4.78, 5) is 21.1. The summed E-state index contributed by atoms with van der Waals surface area (Å²) in [7, 11) is 0. The van der Waals surface area contributed by atoms with Crippen LogP contribution in [0.5, 0.6) is 0 Å². The van der Waals surface area contributed by atoms with Gasteiger partial charge in [0.25, 0.3) is 0 Å². The Hall–Kier alpha value is -2.84. The maximum atomic E-state index is 13.7. The molecule has 9 heteroatoms. The number of carboxylic acids is 2. The van der Waals surface area contributed by atoms with Gasteiger partial charge in [-0.15, -0.1) is 0 Å². The van der Waals surface area contributed by atoms with Gasteiger partial charge < -0.3 is 14.7 Å². The van der Waals surface area contributed by atoms with Crippen LogP contribution in [-0.4, -0.2) is 27.3 Å². The molecule has 1 aromatic heterocycles. The van der Waals surface area contributed by atoms with Gasteiger partial charge in [0.1, 0.15) is 17.1 Å². The summed E-state index contributed by atoms with van der Waals surface area (Å²) in [6, 6.07) is 1.14. The lowest BCUT2D eigenvalue weighted by atomic mass is 10.1. The maximum absolute atomic E-state index is 13.7. The summed E-state index contributed by atoms with van der Waals surface area (Å²) in [6.45, 7) is 0. The first kappa shape index (κ1) is 13.6. The van der Waals surface area contributed by atoms with Gasteiger partial charge in [-0.05, 0) is 6.07 Å². The standard InChI is InChI=1S/C11H4F3NO5/c12-4-1-3(5-2-6(10(16)17)20-15-5)8(13)9(14)7(4)11(18)19/h1-2H,(H,16,17)(H,18,19). The lowest BCUT2D eigenvalue weighted by Crippen LogP contribution is -2.08. The molecule has 0 unspecified atom stereocenters. The van der Waals surface area contributed by atoms with Crippen molar-refractivity contribution >= 4 is 11.9 Å². The first-order valence-corrected chi connectivity index (χ1v) is 4.94. The lowest BCUT2D eigenvalue weighted by molar-refractivity contribution is 0.0649. The molecule has 2 rings (SSSR count). The van der Waals surface area contributed by atoms with Crippen molar-refractivity contribution in [3.05, 3.63) is 40.9 Å². The molecule has 20 heavy (non-hydrogen) atoms. The zero-order valence-electron chi connectivity index (χ0n) is 9.35. The topological polar surface area (TPSA) is 101 Å². The zero-order chi connectivity index (χ0) is 15.0. The van der Waals surface area contributed by atoms with E-state index in [-0.39, 0.29) is 0 Å². The fourth-order valence-electron chi connectivity index (χ4n) is 1.48. The third-order valence-corrected chi connectivity index (χ3v) is 2.37. The number of carbonyl (C=O) groups is 2. The number of rotatable bonds is 3. The molecule has 1 heterocycles. The maximum Gasteiger partial charge on any atom is 0.374 e. The van der Waals surface area contributed by atoms with Gasteiger partial charge in [-0.25, -0.2) is 22.8 Å². The van der Waals surface area contributed by atoms with Crippen LogP contribution in [0.4, 0.5) is 13.2 Å². The fourth-order valence-corrected chi connectivity index (χ4v) is 1.48. The van der Waals surface area contributed by atoms with Gasteiger partial charge in [0.2, 0.25) is 5.76 Å². The van der Waals surface area contributed by atoms with E-state index < -0.39 is 52.0 Å². The largest absolute Gasteiger partial charge is 0.477 e. The molecular formula is C11H4F3NO5. The molecular weight excluding hydrogens is 283 g/mol. The second kappa shape index (κ2) is 4.68. The number of benzene rings is 1. The summed E-state index contributed by atoms with van der Waals surface area (Å²) in [6.07, 6.45) is 0. The van der Waals surface area contributed by atoms with Crippen molar-refractivity contribution in [1.82, 2.24) is 5.16 Å². The van der Waals surface area contributed by atoms with Crippen LogP contribution in [-0.2, 0) is 0 Å². The highest BCUT2D eigenvalue weighted by atomic mass is 19.2. The van der Waals surface area contributed by atoms with Gasteiger partial charge in [-0.1, -0.05) is 5.16 Å². The van der Waals surface area contributed by atoms with E-state index in [0.29, 0.717) is 6.07 Å². The number of aromatic carboxylic acids is 2. The third kappa shape index (κ3) is 2.09. The number of halogens is 3. The molecule has 104 valence electrons. The first-order valence-electron chi connectivity index (χ1n) is 4.94. The molecule has 2 N–H and O–H groups in total. The average Bonchev–Trinajstić information content (AvgIpc) is 2.82. The molecule has 0 atom stereocenters. The average molecular weight is 287 g/mol. The quantitative estimate of drug-likeness (QED) is 0.839. The minimum Gasteiger partial charge on any atom is -0.477 e. The molecule has 1 aromatic carbocycles. The molecule has 0 saturated carbocycles. The van der Waals surface area contributed by atoms with Crippen molar-refractivity contribution in [1.29, 1.82) is 0 Å². The predicted molar refractivity (Wildman–Crippen MR) is 55.7 cm³/mol. The molecule has 2 aromatic rings. The van der Waals surface area contributed by atoms with E-state index in [1.54, 1.807) is 0 Å². The van der Waals surface area contributed by atoms with Crippen LogP contribution in [0.15, 0.2) is 16.7 Å². The summed E-state index contributed by atoms with van der Waals surface area (Å²) in [5.41, 5.74) is -2.68. The molecule has 0 radical (unpaired) electrons. The van der Waals surface area contributed by atoms with Gasteiger partial charge in [0.05, 0.1) is 0 Å². The highest BCUT2D eigenvalue weighted by molar-refractivity contribution is 5.89. The molecule has 0 aliphatic heterocycles. The van der Waals surface area contributed by atoms with Gasteiger partial charge in [0, 0.05) is 11.6 Å². The van der Waals surface area contributed by atoms with E-state index in [1.807, 2.05) is 0 Å². The van der Waals surface area contributed by atoms with Gasteiger partial charge in [0.15, 0.2) is 11.6 Å². The normalized spacial score (nSPS) is 10.6. The van der Waals surface area contributed by atoms with Crippen LogP contribution in [0.2, 0.25) is 0 Å². The summed E-state index contributed by atoms with van der Waals surface area (Å²) >= 11 is 0. The molecule has 0 bridgehead atoms. The van der Waals surface area contributed by atoms with Crippen LogP contribution >= 0.6 is 0 Å². The molecule has 0 spiro atoms. The van der Waals surface area contributed by atoms with Gasteiger partial charge in [-0.3, -0.25) is 0 Å². The van der Waals surface area contributed by atoms with Crippen molar-refractivity contribution in [3.8, 4) is 11.3 Å². The summed E-state index contributed by atoms with van der Waals surface area (Å²) < 4.78 is 44.9. The molecule has 6 nitrogen and oxygen atoms in total. The third-order valence-electron chi connectivity index (χ3n) is 2.37. The highest BCUT2D eigenvalue weighted by Gasteiger charge is 2.26. The van der Waals surface area contributed by atoms with E-state index in [9.17, 15) is 22.8 Å². The second-order valence-electron chi connectivity index (χ2n) is 3.60. The number of hydrogen-bond donors (Lipinski definition) is 2. The highest BCUT2D eigenvalue weighted by Crippen LogP contribution is 2.28. The Morgan fingerprint density at radius 3 is 2.20 bits per heavy atom. The molecule has 0 saturated heterocycles. The van der Waals surface area contributed by atoms with E-state index in [4.69, 9.17) is 10.2 Å². The summed E-state index contributed by atoms with van der Waals surface area (Å²) in [5, 5.41) is 20.3. The summed E-state index contributed by atoms with van der Waals surface area (Å²) in [5.74, 6) is -9.25. The Bertz CT molecular complexity index is 725. The van der Waals surface area contributed by atoms with Crippen molar-refractivity contribution in [3.63, 3.8) is 0 Å². The zero-order valence-corrected chi connectivity index (χ0v) is 9.35. The van der Waals surface area contributed by atoms with Crippen LogP contribution in [0, 0.1) is 17.5 Å². The van der Waals surface area contributed by atoms with Gasteiger partial charge in [-0.2, -0.15) is 0 Å². The van der Waals surface area contributed by atoms with Crippen LogP contribution in [0.3, 0.4) is 0 Å². The monoisotopic (exact) mass is 287 g/mol.